The Kier molecular flexibility index (Phi) is 6.81. The van der Waals surface area contributed by atoms with Crippen LogP contribution in [0.4, 0.5) is 10.1 Å². The van der Waals surface area contributed by atoms with Crippen LogP contribution in [0.2, 0.25) is 0 Å². The maximum absolute atomic E-state index is 13.2. The van der Waals surface area contributed by atoms with Gasteiger partial charge in [-0.05, 0) is 56.3 Å². The summed E-state index contributed by atoms with van der Waals surface area (Å²) in [5, 5.41) is 5.18. The molecule has 1 aliphatic heterocycles. The molecule has 0 radical (unpaired) electrons. The summed E-state index contributed by atoms with van der Waals surface area (Å²) in [5.74, 6) is -1.99. The fraction of sp³-hybridized carbons (Fsp3) is 0.429. The van der Waals surface area contributed by atoms with Gasteiger partial charge in [0.25, 0.3) is 0 Å². The van der Waals surface area contributed by atoms with Crippen LogP contribution in [-0.2, 0) is 16.6 Å². The highest BCUT2D eigenvalue weighted by Gasteiger charge is 2.25. The van der Waals surface area contributed by atoms with Crippen LogP contribution in [0, 0.1) is 5.82 Å². The van der Waals surface area contributed by atoms with E-state index in [-0.39, 0.29) is 11.7 Å². The molecule has 6 nitrogen and oxygen atoms in total. The molecular formula is C21H27FN4O2. The quantitative estimate of drug-likeness (QED) is 0.777. The summed E-state index contributed by atoms with van der Waals surface area (Å²) < 4.78 is 15.3. The van der Waals surface area contributed by atoms with Crippen molar-refractivity contribution in [3.05, 3.63) is 54.1 Å². The second kappa shape index (κ2) is 9.50. The van der Waals surface area contributed by atoms with Gasteiger partial charge in [0.15, 0.2) is 0 Å². The van der Waals surface area contributed by atoms with Crippen molar-refractivity contribution in [1.29, 1.82) is 0 Å². The molecule has 0 spiro atoms. The Morgan fingerprint density at radius 3 is 2.46 bits per heavy atom. The monoisotopic (exact) mass is 386 g/mol. The smallest absolute Gasteiger partial charge is 0.313 e. The van der Waals surface area contributed by atoms with Crippen LogP contribution in [0.5, 0.6) is 0 Å². The van der Waals surface area contributed by atoms with Crippen LogP contribution < -0.4 is 10.6 Å². The van der Waals surface area contributed by atoms with E-state index < -0.39 is 17.6 Å². The van der Waals surface area contributed by atoms with Gasteiger partial charge in [0.05, 0.1) is 6.04 Å². The fourth-order valence-electron chi connectivity index (χ4n) is 3.67. The number of carbonyl (C=O) groups excluding carboxylic acids is 2. The minimum Gasteiger partial charge on any atom is -0.353 e. The lowest BCUT2D eigenvalue weighted by atomic mass is 10.1. The number of likely N-dealkylation sites (tertiary alicyclic amines) is 1. The summed E-state index contributed by atoms with van der Waals surface area (Å²) in [6.07, 6.45) is 6.69. The Labute approximate surface area is 164 Å². The number of carbonyl (C=O) groups is 2. The van der Waals surface area contributed by atoms with E-state index in [1.807, 2.05) is 19.3 Å². The maximum Gasteiger partial charge on any atom is 0.313 e. The molecule has 1 aliphatic rings. The second-order valence-corrected chi connectivity index (χ2v) is 7.18. The molecule has 1 atom stereocenters. The third-order valence-electron chi connectivity index (χ3n) is 5.15. The third-order valence-corrected chi connectivity index (χ3v) is 5.15. The number of hydrogen-bond donors (Lipinski definition) is 2. The zero-order valence-corrected chi connectivity index (χ0v) is 16.2. The van der Waals surface area contributed by atoms with Gasteiger partial charge in [0.2, 0.25) is 0 Å². The van der Waals surface area contributed by atoms with Gasteiger partial charge in [-0.15, -0.1) is 0 Å². The largest absolute Gasteiger partial charge is 0.353 e. The van der Waals surface area contributed by atoms with Crippen molar-refractivity contribution in [1.82, 2.24) is 14.8 Å². The summed E-state index contributed by atoms with van der Waals surface area (Å²) in [6.45, 7) is 2.29. The van der Waals surface area contributed by atoms with Gasteiger partial charge < -0.3 is 15.2 Å². The van der Waals surface area contributed by atoms with Crippen LogP contribution in [0.15, 0.2) is 42.6 Å². The summed E-state index contributed by atoms with van der Waals surface area (Å²) in [6, 6.07) is 9.51. The van der Waals surface area contributed by atoms with Crippen molar-refractivity contribution in [2.45, 2.75) is 31.7 Å². The normalized spacial score (nSPS) is 16.2. The number of nitrogens with zero attached hydrogens (tertiary/aromatic N) is 2. The summed E-state index contributed by atoms with van der Waals surface area (Å²) in [4.78, 5) is 26.8. The number of rotatable bonds is 5. The highest BCUT2D eigenvalue weighted by molar-refractivity contribution is 6.39. The van der Waals surface area contributed by atoms with E-state index in [9.17, 15) is 14.0 Å². The van der Waals surface area contributed by atoms with Gasteiger partial charge in [-0.2, -0.15) is 0 Å². The Balaban J connectivity index is 1.64. The predicted octanol–water partition coefficient (Wildman–Crippen LogP) is 2.84. The molecule has 0 bridgehead atoms. The predicted molar refractivity (Wildman–Crippen MR) is 106 cm³/mol. The fourth-order valence-corrected chi connectivity index (χ4v) is 3.67. The number of aromatic nitrogens is 1. The molecule has 150 valence electrons. The summed E-state index contributed by atoms with van der Waals surface area (Å²) in [5.41, 5.74) is 1.36. The lowest BCUT2D eigenvalue weighted by Gasteiger charge is -2.31. The zero-order chi connectivity index (χ0) is 19.9. The SMILES string of the molecule is Cn1cccc1C(CNC(=O)C(=O)Nc1cccc(F)c1)N1CCCCCC1. The van der Waals surface area contributed by atoms with Crippen LogP contribution in [0.25, 0.3) is 0 Å². The van der Waals surface area contributed by atoms with Gasteiger partial charge in [0.1, 0.15) is 5.82 Å². The van der Waals surface area contributed by atoms with Gasteiger partial charge >= 0.3 is 11.8 Å². The molecule has 1 aromatic carbocycles. The summed E-state index contributed by atoms with van der Waals surface area (Å²) in [7, 11) is 1.98. The van der Waals surface area contributed by atoms with Gasteiger partial charge in [-0.3, -0.25) is 14.5 Å². The van der Waals surface area contributed by atoms with E-state index in [0.717, 1.165) is 31.6 Å². The van der Waals surface area contributed by atoms with E-state index in [2.05, 4.69) is 26.2 Å². The van der Waals surface area contributed by atoms with Crippen LogP contribution in [-0.4, -0.2) is 40.9 Å². The first-order valence-electron chi connectivity index (χ1n) is 9.74. The molecular weight excluding hydrogens is 359 g/mol. The van der Waals surface area contributed by atoms with Gasteiger partial charge in [-0.25, -0.2) is 4.39 Å². The first kappa shape index (κ1) is 20.1. The van der Waals surface area contributed by atoms with Crippen molar-refractivity contribution in [3.8, 4) is 0 Å². The van der Waals surface area contributed by atoms with Gasteiger partial charge in [0, 0.05) is 31.2 Å². The van der Waals surface area contributed by atoms with Crippen LogP contribution in [0.1, 0.15) is 37.4 Å². The third kappa shape index (κ3) is 5.19. The first-order valence-corrected chi connectivity index (χ1v) is 9.74. The van der Waals surface area contributed by atoms with Crippen molar-refractivity contribution in [3.63, 3.8) is 0 Å². The molecule has 0 aliphatic carbocycles. The molecule has 1 unspecified atom stereocenters. The Hall–Kier alpha value is -2.67. The van der Waals surface area contributed by atoms with E-state index in [1.165, 1.54) is 37.1 Å². The standard InChI is InChI=1S/C21H27FN4O2/c1-25-11-7-10-18(25)19(26-12-4-2-3-5-13-26)15-23-20(27)21(28)24-17-9-6-8-16(22)14-17/h6-11,14,19H,2-5,12-13,15H2,1H3,(H,23,27)(H,24,28). The first-order chi connectivity index (χ1) is 13.5. The lowest BCUT2D eigenvalue weighted by molar-refractivity contribution is -0.136. The number of halogens is 1. The average molecular weight is 386 g/mol. The number of nitrogens with one attached hydrogen (secondary N) is 2. The van der Waals surface area contributed by atoms with E-state index >= 15 is 0 Å². The molecule has 1 saturated heterocycles. The highest BCUT2D eigenvalue weighted by Crippen LogP contribution is 2.24. The lowest BCUT2D eigenvalue weighted by Crippen LogP contribution is -2.42. The van der Waals surface area contributed by atoms with E-state index in [4.69, 9.17) is 0 Å². The Morgan fingerprint density at radius 1 is 1.07 bits per heavy atom. The molecule has 2 N–H and O–H groups in total. The number of anilines is 1. The second-order valence-electron chi connectivity index (χ2n) is 7.18. The number of benzene rings is 1. The van der Waals surface area contributed by atoms with E-state index in [0.29, 0.717) is 6.54 Å². The van der Waals surface area contributed by atoms with Crippen molar-refractivity contribution < 1.29 is 14.0 Å². The molecule has 3 rings (SSSR count). The Bertz CT molecular complexity index is 812. The number of amides is 2. The molecule has 28 heavy (non-hydrogen) atoms. The molecule has 2 heterocycles. The number of hydrogen-bond acceptors (Lipinski definition) is 3. The molecule has 0 saturated carbocycles. The average Bonchev–Trinajstić information content (AvgIpc) is 2.92. The van der Waals surface area contributed by atoms with Crippen LogP contribution >= 0.6 is 0 Å². The van der Waals surface area contributed by atoms with Gasteiger partial charge in [-0.1, -0.05) is 18.9 Å². The molecule has 2 amide bonds. The van der Waals surface area contributed by atoms with Crippen LogP contribution in [0.3, 0.4) is 0 Å². The van der Waals surface area contributed by atoms with E-state index in [1.54, 1.807) is 0 Å². The highest BCUT2D eigenvalue weighted by atomic mass is 19.1. The topological polar surface area (TPSA) is 66.4 Å². The minimum absolute atomic E-state index is 0.00372. The van der Waals surface area contributed by atoms with Crippen molar-refractivity contribution >= 4 is 17.5 Å². The number of aryl methyl sites for hydroxylation is 1. The molecule has 1 fully saturated rings. The molecule has 1 aromatic heterocycles. The summed E-state index contributed by atoms with van der Waals surface area (Å²) >= 11 is 0. The van der Waals surface area contributed by atoms with Crippen molar-refractivity contribution in [2.75, 3.05) is 25.0 Å². The maximum atomic E-state index is 13.2. The molecule has 7 heteroatoms. The Morgan fingerprint density at radius 2 is 1.82 bits per heavy atom. The van der Waals surface area contributed by atoms with Crippen molar-refractivity contribution in [2.24, 2.45) is 7.05 Å². The zero-order valence-electron chi connectivity index (χ0n) is 16.2. The molecule has 2 aromatic rings. The minimum atomic E-state index is -0.799.